The molecule has 0 saturated carbocycles. The number of hydrogen-bond donors (Lipinski definition) is 1. The number of carbonyl (C=O) groups is 1. The molecule has 2 rings (SSSR count). The first-order valence-corrected chi connectivity index (χ1v) is 7.11. The summed E-state index contributed by atoms with van der Waals surface area (Å²) in [6, 6.07) is 0. The fourth-order valence-corrected chi connectivity index (χ4v) is 2.72. The third-order valence-corrected chi connectivity index (χ3v) is 3.87. The average Bonchev–Trinajstić information content (AvgIpc) is 2.90. The van der Waals surface area contributed by atoms with Gasteiger partial charge in [0.25, 0.3) is 0 Å². The summed E-state index contributed by atoms with van der Waals surface area (Å²) in [5.41, 5.74) is 5.54. The molecular weight excluding hydrogens is 230 g/mol. The lowest BCUT2D eigenvalue weighted by Crippen LogP contribution is -2.49. The molecule has 1 unspecified atom stereocenters. The van der Waals surface area contributed by atoms with Gasteiger partial charge >= 0.3 is 0 Å². The van der Waals surface area contributed by atoms with E-state index in [1.54, 1.807) is 0 Å². The van der Waals surface area contributed by atoms with E-state index in [0.29, 0.717) is 19.1 Å². The van der Waals surface area contributed by atoms with Gasteiger partial charge in [0.1, 0.15) is 0 Å². The number of amides is 1. The summed E-state index contributed by atoms with van der Waals surface area (Å²) >= 11 is 0. The van der Waals surface area contributed by atoms with Gasteiger partial charge in [-0.15, -0.1) is 0 Å². The summed E-state index contributed by atoms with van der Waals surface area (Å²) in [7, 11) is 0. The minimum atomic E-state index is 0.290. The van der Waals surface area contributed by atoms with E-state index in [2.05, 4.69) is 4.90 Å². The van der Waals surface area contributed by atoms with Crippen molar-refractivity contribution in [3.05, 3.63) is 0 Å². The van der Waals surface area contributed by atoms with E-state index in [0.717, 1.165) is 58.6 Å². The maximum Gasteiger partial charge on any atom is 0.222 e. The van der Waals surface area contributed by atoms with Gasteiger partial charge in [-0.05, 0) is 19.3 Å². The average molecular weight is 255 g/mol. The summed E-state index contributed by atoms with van der Waals surface area (Å²) in [5.74, 6) is 0.290. The van der Waals surface area contributed by atoms with Crippen molar-refractivity contribution in [1.82, 2.24) is 9.80 Å². The second-order valence-corrected chi connectivity index (χ2v) is 5.18. The Morgan fingerprint density at radius 2 is 2.06 bits per heavy atom. The molecule has 2 N–H and O–H groups in total. The molecule has 0 aromatic carbocycles. The maximum atomic E-state index is 12.0. The second-order valence-electron chi connectivity index (χ2n) is 5.18. The molecule has 2 saturated heterocycles. The first kappa shape index (κ1) is 13.8. The van der Waals surface area contributed by atoms with Crippen LogP contribution in [0.1, 0.15) is 25.7 Å². The van der Waals surface area contributed by atoms with Crippen LogP contribution >= 0.6 is 0 Å². The van der Waals surface area contributed by atoms with Gasteiger partial charge in [0.2, 0.25) is 5.91 Å². The van der Waals surface area contributed by atoms with Crippen molar-refractivity contribution in [3.8, 4) is 0 Å². The predicted molar refractivity (Wildman–Crippen MR) is 70.3 cm³/mol. The molecule has 0 radical (unpaired) electrons. The number of rotatable bonds is 5. The van der Waals surface area contributed by atoms with Gasteiger partial charge in [-0.2, -0.15) is 0 Å². The summed E-state index contributed by atoms with van der Waals surface area (Å²) in [4.78, 5) is 16.4. The lowest BCUT2D eigenvalue weighted by atomic mass is 10.1. The van der Waals surface area contributed by atoms with Crippen LogP contribution in [0, 0.1) is 0 Å². The molecule has 104 valence electrons. The Balaban J connectivity index is 1.64. The molecule has 2 aliphatic heterocycles. The van der Waals surface area contributed by atoms with Crippen LogP contribution in [0.25, 0.3) is 0 Å². The summed E-state index contributed by atoms with van der Waals surface area (Å²) in [5, 5.41) is 0. The SMILES string of the molecule is NCCN1CCN(C(=O)CCC2CCCO2)CC1. The zero-order chi connectivity index (χ0) is 12.8. The van der Waals surface area contributed by atoms with Crippen molar-refractivity contribution in [2.75, 3.05) is 45.9 Å². The highest BCUT2D eigenvalue weighted by molar-refractivity contribution is 5.76. The molecule has 18 heavy (non-hydrogen) atoms. The smallest absolute Gasteiger partial charge is 0.222 e. The summed E-state index contributed by atoms with van der Waals surface area (Å²) < 4.78 is 5.55. The van der Waals surface area contributed by atoms with Crippen LogP contribution < -0.4 is 5.73 Å². The van der Waals surface area contributed by atoms with E-state index in [1.165, 1.54) is 0 Å². The molecule has 0 aromatic rings. The lowest BCUT2D eigenvalue weighted by molar-refractivity contribution is -0.133. The molecule has 0 aromatic heterocycles. The van der Waals surface area contributed by atoms with Crippen LogP contribution in [-0.4, -0.2) is 67.7 Å². The topological polar surface area (TPSA) is 58.8 Å². The normalized spacial score (nSPS) is 25.6. The van der Waals surface area contributed by atoms with Crippen LogP contribution in [-0.2, 0) is 9.53 Å². The molecular formula is C13H25N3O2. The van der Waals surface area contributed by atoms with Gasteiger partial charge < -0.3 is 15.4 Å². The van der Waals surface area contributed by atoms with Crippen molar-refractivity contribution >= 4 is 5.91 Å². The number of hydrogen-bond acceptors (Lipinski definition) is 4. The van der Waals surface area contributed by atoms with Gasteiger partial charge in [0.15, 0.2) is 0 Å². The van der Waals surface area contributed by atoms with Gasteiger partial charge in [-0.3, -0.25) is 9.69 Å². The lowest BCUT2D eigenvalue weighted by Gasteiger charge is -2.34. The highest BCUT2D eigenvalue weighted by Crippen LogP contribution is 2.17. The Kier molecular flexibility index (Phi) is 5.41. The van der Waals surface area contributed by atoms with E-state index in [1.807, 2.05) is 4.90 Å². The molecule has 0 bridgehead atoms. The molecule has 5 nitrogen and oxygen atoms in total. The van der Waals surface area contributed by atoms with E-state index < -0.39 is 0 Å². The van der Waals surface area contributed by atoms with Crippen molar-refractivity contribution in [2.24, 2.45) is 5.73 Å². The number of nitrogens with two attached hydrogens (primary N) is 1. The van der Waals surface area contributed by atoms with Crippen LogP contribution in [0.3, 0.4) is 0 Å². The first-order valence-electron chi connectivity index (χ1n) is 7.11. The van der Waals surface area contributed by atoms with E-state index in [-0.39, 0.29) is 5.91 Å². The molecule has 2 aliphatic rings. The number of carbonyl (C=O) groups excluding carboxylic acids is 1. The summed E-state index contributed by atoms with van der Waals surface area (Å²) in [6.45, 7) is 6.14. The molecule has 1 amide bonds. The highest BCUT2D eigenvalue weighted by Gasteiger charge is 2.22. The Labute approximate surface area is 109 Å². The van der Waals surface area contributed by atoms with Crippen LogP contribution in [0.4, 0.5) is 0 Å². The van der Waals surface area contributed by atoms with Crippen LogP contribution in [0.15, 0.2) is 0 Å². The maximum absolute atomic E-state index is 12.0. The Bertz CT molecular complexity index is 259. The van der Waals surface area contributed by atoms with E-state index in [9.17, 15) is 4.79 Å². The predicted octanol–water partition coefficient (Wildman–Crippen LogP) is 0.0485. The zero-order valence-corrected chi connectivity index (χ0v) is 11.1. The van der Waals surface area contributed by atoms with E-state index >= 15 is 0 Å². The number of piperazine rings is 1. The van der Waals surface area contributed by atoms with E-state index in [4.69, 9.17) is 10.5 Å². The third kappa shape index (κ3) is 3.93. The molecule has 5 heteroatoms. The second kappa shape index (κ2) is 7.07. The molecule has 0 aliphatic carbocycles. The standard InChI is InChI=1S/C13H25N3O2/c14-5-6-15-7-9-16(10-8-15)13(17)4-3-12-2-1-11-18-12/h12H,1-11,14H2. The minimum Gasteiger partial charge on any atom is -0.378 e. The Hall–Kier alpha value is -0.650. The quantitative estimate of drug-likeness (QED) is 0.754. The van der Waals surface area contributed by atoms with Crippen LogP contribution in [0.2, 0.25) is 0 Å². The van der Waals surface area contributed by atoms with Crippen LogP contribution in [0.5, 0.6) is 0 Å². The minimum absolute atomic E-state index is 0.290. The number of nitrogens with zero attached hydrogens (tertiary/aromatic N) is 2. The van der Waals surface area contributed by atoms with Gasteiger partial charge in [0.05, 0.1) is 6.10 Å². The highest BCUT2D eigenvalue weighted by atomic mass is 16.5. The molecule has 1 atom stereocenters. The monoisotopic (exact) mass is 255 g/mol. The van der Waals surface area contributed by atoms with Crippen molar-refractivity contribution in [3.63, 3.8) is 0 Å². The van der Waals surface area contributed by atoms with Crippen molar-refractivity contribution in [2.45, 2.75) is 31.8 Å². The largest absolute Gasteiger partial charge is 0.378 e. The fourth-order valence-electron chi connectivity index (χ4n) is 2.72. The van der Waals surface area contributed by atoms with Gasteiger partial charge in [-0.1, -0.05) is 0 Å². The number of ether oxygens (including phenoxy) is 1. The summed E-state index contributed by atoms with van der Waals surface area (Å²) in [6.07, 6.45) is 4.13. The Morgan fingerprint density at radius 3 is 2.67 bits per heavy atom. The van der Waals surface area contributed by atoms with Crippen molar-refractivity contribution < 1.29 is 9.53 Å². The third-order valence-electron chi connectivity index (χ3n) is 3.87. The first-order chi connectivity index (χ1) is 8.79. The molecule has 2 fully saturated rings. The molecule has 0 spiro atoms. The molecule has 2 heterocycles. The van der Waals surface area contributed by atoms with Gasteiger partial charge in [-0.25, -0.2) is 0 Å². The van der Waals surface area contributed by atoms with Crippen molar-refractivity contribution in [1.29, 1.82) is 0 Å². The Morgan fingerprint density at radius 1 is 1.28 bits per heavy atom. The fraction of sp³-hybridized carbons (Fsp3) is 0.923. The van der Waals surface area contributed by atoms with Gasteiger partial charge in [0, 0.05) is 52.3 Å². The zero-order valence-electron chi connectivity index (χ0n) is 11.1.